The first-order valence-electron chi connectivity index (χ1n) is 11.4. The number of benzene rings is 2. The van der Waals surface area contributed by atoms with Crippen molar-refractivity contribution in [2.24, 2.45) is 0 Å². The number of Topliss-reactive ketones (excluding diaryl/α,β-unsaturated/α-hetero) is 1. The summed E-state index contributed by atoms with van der Waals surface area (Å²) >= 11 is 0. The van der Waals surface area contributed by atoms with E-state index in [0.717, 1.165) is 35.6 Å². The summed E-state index contributed by atoms with van der Waals surface area (Å²) in [4.78, 5) is 19.3. The molecule has 38 heavy (non-hydrogen) atoms. The number of ether oxygens (including phenoxy) is 1. The van der Waals surface area contributed by atoms with Crippen molar-refractivity contribution in [2.45, 2.75) is 32.2 Å². The number of halogens is 3. The molecule has 0 spiro atoms. The highest BCUT2D eigenvalue weighted by atomic mass is 32.2. The molecule has 11 heteroatoms. The van der Waals surface area contributed by atoms with E-state index in [-0.39, 0.29) is 11.2 Å². The number of carbonyl (C=O) groups is 1. The molecule has 2 heterocycles. The van der Waals surface area contributed by atoms with E-state index in [1.165, 1.54) is 43.1 Å². The highest BCUT2D eigenvalue weighted by molar-refractivity contribution is 7.88. The maximum absolute atomic E-state index is 12.2. The van der Waals surface area contributed by atoms with Gasteiger partial charge in [0.05, 0.1) is 23.9 Å². The van der Waals surface area contributed by atoms with Gasteiger partial charge in [0.15, 0.2) is 11.5 Å². The van der Waals surface area contributed by atoms with Crippen LogP contribution in [0.1, 0.15) is 37.0 Å². The van der Waals surface area contributed by atoms with Crippen molar-refractivity contribution in [1.29, 1.82) is 0 Å². The van der Waals surface area contributed by atoms with Crippen molar-refractivity contribution in [3.63, 3.8) is 0 Å². The number of nitrogens with zero attached hydrogens (tertiary/aromatic N) is 2. The van der Waals surface area contributed by atoms with E-state index in [1.807, 2.05) is 30.3 Å². The number of hydrogen-bond acceptors (Lipinski definition) is 7. The molecule has 0 N–H and O–H groups in total. The summed E-state index contributed by atoms with van der Waals surface area (Å²) < 4.78 is 67.3. The van der Waals surface area contributed by atoms with Crippen molar-refractivity contribution < 1.29 is 35.3 Å². The summed E-state index contributed by atoms with van der Waals surface area (Å²) in [5.74, 6) is -0.323. The van der Waals surface area contributed by atoms with Crippen LogP contribution in [0.2, 0.25) is 0 Å². The fourth-order valence-corrected chi connectivity index (χ4v) is 3.51. The Labute approximate surface area is 219 Å². The highest BCUT2D eigenvalue weighted by Crippen LogP contribution is 2.30. The fraction of sp³-hybridized carbons (Fsp3) is 0.222. The van der Waals surface area contributed by atoms with Crippen LogP contribution in [-0.2, 0) is 14.9 Å². The lowest BCUT2D eigenvalue weighted by Crippen LogP contribution is -2.28. The Morgan fingerprint density at radius 3 is 2.08 bits per heavy atom. The molecule has 0 unspecified atom stereocenters. The predicted octanol–water partition coefficient (Wildman–Crippen LogP) is 6.85. The number of pyridine rings is 2. The van der Waals surface area contributed by atoms with Crippen LogP contribution < -0.4 is 4.18 Å². The van der Waals surface area contributed by atoms with E-state index < -0.39 is 21.4 Å². The summed E-state index contributed by atoms with van der Waals surface area (Å²) in [6.07, 6.45) is 6.96. The minimum absolute atomic E-state index is 0.0820. The van der Waals surface area contributed by atoms with Gasteiger partial charge in [-0.05, 0) is 49.7 Å². The number of alkyl halides is 3. The number of fused-ring (bicyclic) bond motifs is 2. The normalized spacial score (nSPS) is 11.0. The molecule has 0 amide bonds. The zero-order valence-corrected chi connectivity index (χ0v) is 21.6. The van der Waals surface area contributed by atoms with Gasteiger partial charge in [-0.1, -0.05) is 44.2 Å². The molecule has 0 atom stereocenters. The third-order valence-electron chi connectivity index (χ3n) is 4.85. The molecule has 0 saturated carbocycles. The number of rotatable bonds is 7. The SMILES string of the molecule is C=COCCCC.CC(=O)c1cccc2ncccc12.O=S(=O)(Oc1cccc2ncccc12)C(F)(F)F. The second-order valence-electron chi connectivity index (χ2n) is 7.63. The number of ketones is 1. The first-order chi connectivity index (χ1) is 18.0. The Kier molecular flexibility index (Phi) is 11.2. The summed E-state index contributed by atoms with van der Waals surface area (Å²) in [5, 5.41) is 1.12. The second-order valence-corrected chi connectivity index (χ2v) is 9.17. The van der Waals surface area contributed by atoms with Crippen LogP contribution in [0.4, 0.5) is 13.2 Å². The minimum Gasteiger partial charge on any atom is -0.502 e. The van der Waals surface area contributed by atoms with Crippen molar-refractivity contribution in [3.05, 3.63) is 91.5 Å². The van der Waals surface area contributed by atoms with E-state index in [0.29, 0.717) is 5.52 Å². The van der Waals surface area contributed by atoms with Crippen LogP contribution in [0.25, 0.3) is 21.8 Å². The van der Waals surface area contributed by atoms with Crippen LogP contribution in [0.15, 0.2) is 85.9 Å². The standard InChI is InChI=1S/C11H9NO.C10H6F3NO3S.C6H12O/c1-8(13)9-4-2-6-11-10(9)5-3-7-12-11;11-10(12,13)18(15,16)17-9-5-1-4-8-7(9)3-2-6-14-8;1-3-5-6-7-4-2/h2-7H,1H3;1-6H;4H,2-3,5-6H2,1H3. The first kappa shape index (κ1) is 30.2. The van der Waals surface area contributed by atoms with E-state index in [9.17, 15) is 26.4 Å². The quantitative estimate of drug-likeness (QED) is 0.0820. The van der Waals surface area contributed by atoms with Gasteiger partial charge in [0, 0.05) is 28.7 Å². The van der Waals surface area contributed by atoms with Crippen molar-refractivity contribution >= 4 is 37.7 Å². The fourth-order valence-electron chi connectivity index (χ4n) is 3.03. The zero-order chi connectivity index (χ0) is 28.2. The number of unbranched alkanes of at least 4 members (excludes halogenated alkanes) is 1. The molecule has 4 aromatic rings. The van der Waals surface area contributed by atoms with Gasteiger partial charge in [0.2, 0.25) is 0 Å². The maximum Gasteiger partial charge on any atom is 0.534 e. The molecule has 2 aromatic heterocycles. The maximum atomic E-state index is 12.2. The van der Waals surface area contributed by atoms with Gasteiger partial charge in [-0.15, -0.1) is 0 Å². The lowest BCUT2D eigenvalue weighted by atomic mass is 10.1. The molecule has 202 valence electrons. The molecule has 0 bridgehead atoms. The third-order valence-corrected chi connectivity index (χ3v) is 5.81. The van der Waals surface area contributed by atoms with Gasteiger partial charge in [-0.3, -0.25) is 14.8 Å². The average Bonchev–Trinajstić information content (AvgIpc) is 2.89. The lowest BCUT2D eigenvalue weighted by molar-refractivity contribution is -0.0499. The number of aromatic nitrogens is 2. The van der Waals surface area contributed by atoms with Gasteiger partial charge < -0.3 is 8.92 Å². The second kappa shape index (κ2) is 14.1. The third kappa shape index (κ3) is 8.55. The van der Waals surface area contributed by atoms with Crippen molar-refractivity contribution in [1.82, 2.24) is 9.97 Å². The number of hydrogen-bond donors (Lipinski definition) is 0. The summed E-state index contributed by atoms with van der Waals surface area (Å²) in [6.45, 7) is 7.93. The first-order valence-corrected chi connectivity index (χ1v) is 12.8. The van der Waals surface area contributed by atoms with Crippen LogP contribution in [0.3, 0.4) is 0 Å². The largest absolute Gasteiger partial charge is 0.534 e. The molecule has 0 aliphatic carbocycles. The van der Waals surface area contributed by atoms with E-state index in [1.54, 1.807) is 13.1 Å². The predicted molar refractivity (Wildman–Crippen MR) is 140 cm³/mol. The van der Waals surface area contributed by atoms with E-state index in [4.69, 9.17) is 4.74 Å². The Hall–Kier alpha value is -3.99. The molecule has 2 aromatic carbocycles. The van der Waals surface area contributed by atoms with Gasteiger partial charge in [0.25, 0.3) is 0 Å². The van der Waals surface area contributed by atoms with E-state index in [2.05, 4.69) is 27.7 Å². The van der Waals surface area contributed by atoms with Crippen molar-refractivity contribution in [2.75, 3.05) is 6.61 Å². The van der Waals surface area contributed by atoms with Crippen molar-refractivity contribution in [3.8, 4) is 5.75 Å². The van der Waals surface area contributed by atoms with Crippen LogP contribution in [0, 0.1) is 0 Å². The van der Waals surface area contributed by atoms with Crippen LogP contribution >= 0.6 is 0 Å². The van der Waals surface area contributed by atoms with E-state index >= 15 is 0 Å². The van der Waals surface area contributed by atoms with Gasteiger partial charge in [-0.2, -0.15) is 21.6 Å². The molecule has 0 aliphatic rings. The monoisotopic (exact) mass is 548 g/mol. The Balaban J connectivity index is 0.000000221. The van der Waals surface area contributed by atoms with Crippen LogP contribution in [-0.4, -0.2) is 36.3 Å². The smallest absolute Gasteiger partial charge is 0.502 e. The summed E-state index contributed by atoms with van der Waals surface area (Å²) in [6, 6.07) is 16.2. The molecule has 4 rings (SSSR count). The number of carbonyl (C=O) groups excluding carboxylic acids is 1. The molecular weight excluding hydrogens is 521 g/mol. The summed E-state index contributed by atoms with van der Waals surface area (Å²) in [7, 11) is -5.67. The topological polar surface area (TPSA) is 95.5 Å². The molecule has 7 nitrogen and oxygen atoms in total. The molecule has 0 aliphatic heterocycles. The molecule has 0 radical (unpaired) electrons. The van der Waals surface area contributed by atoms with Gasteiger partial charge >= 0.3 is 15.6 Å². The lowest BCUT2D eigenvalue weighted by Gasteiger charge is -2.10. The average molecular weight is 549 g/mol. The Morgan fingerprint density at radius 2 is 1.53 bits per heavy atom. The minimum atomic E-state index is -5.67. The zero-order valence-electron chi connectivity index (χ0n) is 20.8. The Bertz CT molecular complexity index is 1460. The highest BCUT2D eigenvalue weighted by Gasteiger charge is 2.48. The summed E-state index contributed by atoms with van der Waals surface area (Å²) in [5.41, 5.74) is -3.51. The Morgan fingerprint density at radius 1 is 0.947 bits per heavy atom. The molecule has 0 saturated heterocycles. The van der Waals surface area contributed by atoms with Gasteiger partial charge in [0.1, 0.15) is 0 Å². The van der Waals surface area contributed by atoms with Gasteiger partial charge in [-0.25, -0.2) is 0 Å². The molecule has 0 fully saturated rings. The molecular formula is C27H27F3N2O5S. The van der Waals surface area contributed by atoms with Crippen LogP contribution in [0.5, 0.6) is 5.75 Å².